The highest BCUT2D eigenvalue weighted by molar-refractivity contribution is 6.35. The Hall–Kier alpha value is -2.21. The van der Waals surface area contributed by atoms with Crippen molar-refractivity contribution in [2.75, 3.05) is 14.2 Å². The number of benzene rings is 2. The van der Waals surface area contributed by atoms with Gasteiger partial charge < -0.3 is 19.1 Å². The van der Waals surface area contributed by atoms with E-state index in [0.29, 0.717) is 49.7 Å². The smallest absolute Gasteiger partial charge is 0.173 e. The molecule has 0 saturated heterocycles. The van der Waals surface area contributed by atoms with Crippen LogP contribution in [0.3, 0.4) is 0 Å². The van der Waals surface area contributed by atoms with E-state index in [0.717, 1.165) is 0 Å². The van der Waals surface area contributed by atoms with Crippen LogP contribution in [-0.2, 0) is 6.61 Å². The number of para-hydroxylation sites is 1. The van der Waals surface area contributed by atoms with Crippen molar-refractivity contribution in [1.82, 2.24) is 5.16 Å². The van der Waals surface area contributed by atoms with Crippen molar-refractivity contribution in [3.8, 4) is 34.1 Å². The molecule has 0 radical (unpaired) electrons. The Morgan fingerprint density at radius 3 is 2.40 bits per heavy atom. The first kappa shape index (κ1) is 17.6. The van der Waals surface area contributed by atoms with Crippen molar-refractivity contribution in [1.29, 1.82) is 0 Å². The van der Waals surface area contributed by atoms with E-state index in [-0.39, 0.29) is 6.61 Å². The molecule has 130 valence electrons. The number of methoxy groups -OCH3 is 2. The van der Waals surface area contributed by atoms with Gasteiger partial charge in [0.15, 0.2) is 17.3 Å². The van der Waals surface area contributed by atoms with Crippen LogP contribution in [0, 0.1) is 0 Å². The lowest BCUT2D eigenvalue weighted by Gasteiger charge is -2.11. The van der Waals surface area contributed by atoms with E-state index in [2.05, 4.69) is 5.16 Å². The van der Waals surface area contributed by atoms with Crippen LogP contribution in [0.25, 0.3) is 22.6 Å². The van der Waals surface area contributed by atoms with Crippen LogP contribution >= 0.6 is 23.2 Å². The number of nitrogens with zero attached hydrogens (tertiary/aromatic N) is 1. The SMILES string of the molecule is COc1cccc(-c2noc(-c3cc(Cl)cc(Cl)c3)c2CO)c1OC. The Kier molecular flexibility index (Phi) is 5.18. The zero-order valence-corrected chi connectivity index (χ0v) is 15.1. The van der Waals surface area contributed by atoms with E-state index < -0.39 is 0 Å². The number of aromatic nitrogens is 1. The Balaban J connectivity index is 2.19. The molecule has 0 atom stereocenters. The summed E-state index contributed by atoms with van der Waals surface area (Å²) in [6.07, 6.45) is 0. The van der Waals surface area contributed by atoms with Gasteiger partial charge in [-0.3, -0.25) is 0 Å². The number of aliphatic hydroxyl groups excluding tert-OH is 1. The van der Waals surface area contributed by atoms with E-state index in [4.69, 9.17) is 37.2 Å². The van der Waals surface area contributed by atoms with Gasteiger partial charge in [-0.05, 0) is 30.3 Å². The molecule has 3 rings (SSSR count). The molecule has 7 heteroatoms. The van der Waals surface area contributed by atoms with Gasteiger partial charge in [0.1, 0.15) is 5.69 Å². The van der Waals surface area contributed by atoms with Crippen molar-refractivity contribution in [2.24, 2.45) is 0 Å². The Bertz CT molecular complexity index is 888. The van der Waals surface area contributed by atoms with Gasteiger partial charge in [-0.1, -0.05) is 34.4 Å². The summed E-state index contributed by atoms with van der Waals surface area (Å²) in [5, 5.41) is 14.9. The highest BCUT2D eigenvalue weighted by Gasteiger charge is 2.23. The van der Waals surface area contributed by atoms with Gasteiger partial charge in [0.2, 0.25) is 0 Å². The zero-order valence-electron chi connectivity index (χ0n) is 13.5. The number of halogens is 2. The maximum absolute atomic E-state index is 9.90. The lowest BCUT2D eigenvalue weighted by molar-refractivity contribution is 0.281. The van der Waals surface area contributed by atoms with E-state index in [1.54, 1.807) is 31.4 Å². The summed E-state index contributed by atoms with van der Waals surface area (Å²) in [5.41, 5.74) is 2.24. The highest BCUT2D eigenvalue weighted by atomic mass is 35.5. The van der Waals surface area contributed by atoms with Gasteiger partial charge in [-0.15, -0.1) is 0 Å². The topological polar surface area (TPSA) is 64.7 Å². The summed E-state index contributed by atoms with van der Waals surface area (Å²) in [5.74, 6) is 1.45. The number of ether oxygens (including phenoxy) is 2. The van der Waals surface area contributed by atoms with Crippen LogP contribution in [0.5, 0.6) is 11.5 Å². The fraction of sp³-hybridized carbons (Fsp3) is 0.167. The van der Waals surface area contributed by atoms with Gasteiger partial charge in [0, 0.05) is 15.6 Å². The molecule has 0 unspecified atom stereocenters. The second-order valence-corrected chi connectivity index (χ2v) is 6.07. The van der Waals surface area contributed by atoms with Crippen LogP contribution in [0.15, 0.2) is 40.9 Å². The minimum absolute atomic E-state index is 0.279. The van der Waals surface area contributed by atoms with E-state index in [9.17, 15) is 5.11 Å². The molecule has 1 aromatic heterocycles. The molecule has 5 nitrogen and oxygen atoms in total. The molecule has 0 aliphatic rings. The zero-order chi connectivity index (χ0) is 18.0. The molecule has 0 amide bonds. The van der Waals surface area contributed by atoms with Crippen LogP contribution < -0.4 is 9.47 Å². The third-order valence-electron chi connectivity index (χ3n) is 3.73. The third kappa shape index (κ3) is 3.31. The minimum Gasteiger partial charge on any atom is -0.493 e. The minimum atomic E-state index is -0.279. The molecule has 0 bridgehead atoms. The van der Waals surface area contributed by atoms with Gasteiger partial charge in [0.05, 0.1) is 32.0 Å². The molecule has 2 aromatic carbocycles. The van der Waals surface area contributed by atoms with Crippen molar-refractivity contribution in [3.63, 3.8) is 0 Å². The van der Waals surface area contributed by atoms with Crippen molar-refractivity contribution in [2.45, 2.75) is 6.61 Å². The lowest BCUT2D eigenvalue weighted by atomic mass is 10.0. The molecule has 0 spiro atoms. The van der Waals surface area contributed by atoms with Crippen LogP contribution in [0.1, 0.15) is 5.56 Å². The molecule has 1 N–H and O–H groups in total. The van der Waals surface area contributed by atoms with Crippen molar-refractivity contribution in [3.05, 3.63) is 52.0 Å². The predicted molar refractivity (Wildman–Crippen MR) is 96.4 cm³/mol. The Morgan fingerprint density at radius 2 is 1.80 bits per heavy atom. The van der Waals surface area contributed by atoms with Gasteiger partial charge in [-0.25, -0.2) is 0 Å². The van der Waals surface area contributed by atoms with Gasteiger partial charge in [-0.2, -0.15) is 0 Å². The Labute approximate surface area is 154 Å². The average molecular weight is 380 g/mol. The molecule has 0 aliphatic carbocycles. The fourth-order valence-electron chi connectivity index (χ4n) is 2.65. The second kappa shape index (κ2) is 7.35. The highest BCUT2D eigenvalue weighted by Crippen LogP contribution is 2.41. The third-order valence-corrected chi connectivity index (χ3v) is 4.17. The van der Waals surface area contributed by atoms with Gasteiger partial charge >= 0.3 is 0 Å². The van der Waals surface area contributed by atoms with E-state index in [1.165, 1.54) is 7.11 Å². The normalized spacial score (nSPS) is 10.8. The molecule has 0 saturated carbocycles. The summed E-state index contributed by atoms with van der Waals surface area (Å²) in [4.78, 5) is 0. The predicted octanol–water partition coefficient (Wildman–Crippen LogP) is 4.82. The first-order valence-corrected chi connectivity index (χ1v) is 8.11. The average Bonchev–Trinajstić information content (AvgIpc) is 3.03. The summed E-state index contributed by atoms with van der Waals surface area (Å²) < 4.78 is 16.2. The number of rotatable bonds is 5. The maximum atomic E-state index is 9.90. The molecule has 25 heavy (non-hydrogen) atoms. The summed E-state index contributed by atoms with van der Waals surface area (Å²) in [6, 6.07) is 10.4. The van der Waals surface area contributed by atoms with Crippen molar-refractivity contribution >= 4 is 23.2 Å². The Morgan fingerprint density at radius 1 is 1.08 bits per heavy atom. The molecular formula is C18H15Cl2NO4. The fourth-order valence-corrected chi connectivity index (χ4v) is 3.18. The summed E-state index contributed by atoms with van der Waals surface area (Å²) >= 11 is 12.1. The summed E-state index contributed by atoms with van der Waals surface area (Å²) in [7, 11) is 3.09. The first-order chi connectivity index (χ1) is 12.1. The standard InChI is InChI=1S/C18H15Cl2NO4/c1-23-15-5-3-4-13(18(15)24-2)16-14(9-22)17(25-21-16)10-6-11(19)8-12(20)7-10/h3-8,22H,9H2,1-2H3. The monoisotopic (exact) mass is 379 g/mol. The molecule has 0 aliphatic heterocycles. The molecule has 3 aromatic rings. The number of hydrogen-bond acceptors (Lipinski definition) is 5. The van der Waals surface area contributed by atoms with Crippen LogP contribution in [0.2, 0.25) is 10.0 Å². The molecule has 0 fully saturated rings. The molecule has 1 heterocycles. The molecular weight excluding hydrogens is 365 g/mol. The quantitative estimate of drug-likeness (QED) is 0.687. The van der Waals surface area contributed by atoms with E-state index >= 15 is 0 Å². The largest absolute Gasteiger partial charge is 0.493 e. The van der Waals surface area contributed by atoms with Gasteiger partial charge in [0.25, 0.3) is 0 Å². The maximum Gasteiger partial charge on any atom is 0.173 e. The summed E-state index contributed by atoms with van der Waals surface area (Å²) in [6.45, 7) is -0.279. The van der Waals surface area contributed by atoms with Crippen molar-refractivity contribution < 1.29 is 19.1 Å². The second-order valence-electron chi connectivity index (χ2n) is 5.20. The van der Waals surface area contributed by atoms with Crippen LogP contribution in [0.4, 0.5) is 0 Å². The number of hydrogen-bond donors (Lipinski definition) is 1. The van der Waals surface area contributed by atoms with E-state index in [1.807, 2.05) is 12.1 Å². The first-order valence-electron chi connectivity index (χ1n) is 7.36. The lowest BCUT2D eigenvalue weighted by Crippen LogP contribution is -1.95. The number of aliphatic hydroxyl groups is 1. The van der Waals surface area contributed by atoms with Crippen LogP contribution in [-0.4, -0.2) is 24.5 Å².